The molecule has 3 rings (SSSR count). The average molecular weight is 298 g/mol. The van der Waals surface area contributed by atoms with Gasteiger partial charge in [0, 0.05) is 13.0 Å². The number of halogens is 1. The van der Waals surface area contributed by atoms with Crippen LogP contribution in [0.15, 0.2) is 48.2 Å². The van der Waals surface area contributed by atoms with Crippen molar-refractivity contribution in [2.75, 3.05) is 0 Å². The smallest absolute Gasteiger partial charge is 0.308 e. The summed E-state index contributed by atoms with van der Waals surface area (Å²) in [5.41, 5.74) is 1.04. The van der Waals surface area contributed by atoms with E-state index >= 15 is 0 Å². The fourth-order valence-corrected chi connectivity index (χ4v) is 2.11. The molecule has 0 aliphatic carbocycles. The third-order valence-electron chi connectivity index (χ3n) is 3.07. The largest absolute Gasteiger partial charge is 0.452 e. The summed E-state index contributed by atoms with van der Waals surface area (Å²) >= 11 is 0. The van der Waals surface area contributed by atoms with Gasteiger partial charge in [-0.2, -0.15) is 0 Å². The van der Waals surface area contributed by atoms with Crippen LogP contribution in [-0.4, -0.2) is 11.8 Å². The van der Waals surface area contributed by atoms with Gasteiger partial charge in [-0.3, -0.25) is 9.59 Å². The van der Waals surface area contributed by atoms with Crippen molar-refractivity contribution in [1.29, 1.82) is 0 Å². The summed E-state index contributed by atoms with van der Waals surface area (Å²) < 4.78 is 23.3. The minimum Gasteiger partial charge on any atom is -0.452 e. The van der Waals surface area contributed by atoms with Gasteiger partial charge in [-0.05, 0) is 35.9 Å². The Morgan fingerprint density at radius 3 is 2.59 bits per heavy atom. The second-order valence-corrected chi connectivity index (χ2v) is 4.74. The molecule has 110 valence electrons. The first-order chi connectivity index (χ1) is 10.5. The number of allylic oxidation sites excluding steroid dienone is 1. The lowest BCUT2D eigenvalue weighted by Gasteiger charge is -2.02. The number of hydrogen-bond donors (Lipinski definition) is 0. The first-order valence-corrected chi connectivity index (χ1v) is 6.55. The SMILES string of the molecule is CC(=O)Oc1ccc2c(c1)OC(=Cc1ccc(F)cc1)C2=O. The Morgan fingerprint density at radius 1 is 1.18 bits per heavy atom. The van der Waals surface area contributed by atoms with E-state index in [1.54, 1.807) is 18.2 Å². The molecule has 1 heterocycles. The molecule has 0 saturated carbocycles. The molecular formula is C17H11FO4. The highest BCUT2D eigenvalue weighted by Crippen LogP contribution is 2.34. The van der Waals surface area contributed by atoms with Crippen molar-refractivity contribution in [3.63, 3.8) is 0 Å². The molecule has 0 fully saturated rings. The van der Waals surface area contributed by atoms with Crippen LogP contribution >= 0.6 is 0 Å². The van der Waals surface area contributed by atoms with E-state index in [0.29, 0.717) is 22.6 Å². The van der Waals surface area contributed by atoms with E-state index in [-0.39, 0.29) is 17.4 Å². The predicted molar refractivity (Wildman–Crippen MR) is 77.1 cm³/mol. The maximum absolute atomic E-state index is 12.9. The Hall–Kier alpha value is -2.95. The molecule has 1 aliphatic heterocycles. The van der Waals surface area contributed by atoms with Crippen molar-refractivity contribution in [2.24, 2.45) is 0 Å². The van der Waals surface area contributed by atoms with E-state index in [0.717, 1.165) is 0 Å². The molecule has 0 N–H and O–H groups in total. The van der Waals surface area contributed by atoms with Crippen LogP contribution in [0.3, 0.4) is 0 Å². The van der Waals surface area contributed by atoms with Crippen molar-refractivity contribution < 1.29 is 23.5 Å². The average Bonchev–Trinajstić information content (AvgIpc) is 2.77. The first-order valence-electron chi connectivity index (χ1n) is 6.55. The molecule has 0 aromatic heterocycles. The number of benzene rings is 2. The summed E-state index contributed by atoms with van der Waals surface area (Å²) in [6, 6.07) is 10.3. The third-order valence-corrected chi connectivity index (χ3v) is 3.07. The normalized spacial score (nSPS) is 14.6. The number of hydrogen-bond acceptors (Lipinski definition) is 4. The molecule has 0 radical (unpaired) electrons. The van der Waals surface area contributed by atoms with Crippen LogP contribution in [0.2, 0.25) is 0 Å². The van der Waals surface area contributed by atoms with Gasteiger partial charge in [-0.1, -0.05) is 12.1 Å². The predicted octanol–water partition coefficient (Wildman–Crippen LogP) is 3.37. The minimum atomic E-state index is -0.452. The van der Waals surface area contributed by atoms with Gasteiger partial charge in [-0.15, -0.1) is 0 Å². The molecule has 2 aromatic carbocycles. The summed E-state index contributed by atoms with van der Waals surface area (Å²) in [5.74, 6) is -0.295. The van der Waals surface area contributed by atoms with Crippen molar-refractivity contribution in [1.82, 2.24) is 0 Å². The van der Waals surface area contributed by atoms with Crippen LogP contribution in [0, 0.1) is 5.82 Å². The lowest BCUT2D eigenvalue weighted by Crippen LogP contribution is -2.01. The van der Waals surface area contributed by atoms with E-state index < -0.39 is 5.97 Å². The number of fused-ring (bicyclic) bond motifs is 1. The Balaban J connectivity index is 1.90. The number of carbonyl (C=O) groups is 2. The standard InChI is InChI=1S/C17H11FO4/c1-10(19)21-13-6-7-14-15(9-13)22-16(17(14)20)8-11-2-4-12(18)5-3-11/h2-9H,1H3. The molecule has 0 amide bonds. The van der Waals surface area contributed by atoms with Crippen LogP contribution in [0.5, 0.6) is 11.5 Å². The fraction of sp³-hybridized carbons (Fsp3) is 0.0588. The van der Waals surface area contributed by atoms with E-state index in [2.05, 4.69) is 0 Å². The zero-order chi connectivity index (χ0) is 15.7. The zero-order valence-electron chi connectivity index (χ0n) is 11.6. The molecule has 1 aliphatic rings. The van der Waals surface area contributed by atoms with Crippen molar-refractivity contribution in [3.05, 3.63) is 65.2 Å². The van der Waals surface area contributed by atoms with Gasteiger partial charge in [0.15, 0.2) is 5.76 Å². The maximum atomic E-state index is 12.9. The molecule has 2 aromatic rings. The van der Waals surface area contributed by atoms with Crippen molar-refractivity contribution >= 4 is 17.8 Å². The quantitative estimate of drug-likeness (QED) is 0.484. The molecule has 22 heavy (non-hydrogen) atoms. The number of Topliss-reactive ketones (excluding diaryl/α,β-unsaturated/α-hetero) is 1. The molecule has 0 spiro atoms. The molecule has 0 atom stereocenters. The van der Waals surface area contributed by atoms with E-state index in [4.69, 9.17) is 9.47 Å². The number of rotatable bonds is 2. The molecular weight excluding hydrogens is 287 g/mol. The van der Waals surface area contributed by atoms with Gasteiger partial charge in [-0.25, -0.2) is 4.39 Å². The van der Waals surface area contributed by atoms with E-state index in [1.807, 2.05) is 0 Å². The number of esters is 1. The highest BCUT2D eigenvalue weighted by molar-refractivity contribution is 6.14. The van der Waals surface area contributed by atoms with Gasteiger partial charge in [0.25, 0.3) is 0 Å². The topological polar surface area (TPSA) is 52.6 Å². The Morgan fingerprint density at radius 2 is 1.91 bits per heavy atom. The van der Waals surface area contributed by atoms with Crippen LogP contribution < -0.4 is 9.47 Å². The molecule has 0 bridgehead atoms. The zero-order valence-corrected chi connectivity index (χ0v) is 11.6. The van der Waals surface area contributed by atoms with Crippen molar-refractivity contribution in [3.8, 4) is 11.5 Å². The first kappa shape index (κ1) is 14.0. The van der Waals surface area contributed by atoms with Crippen LogP contribution in [0.4, 0.5) is 4.39 Å². The lowest BCUT2D eigenvalue weighted by atomic mass is 10.1. The highest BCUT2D eigenvalue weighted by Gasteiger charge is 2.27. The van der Waals surface area contributed by atoms with Gasteiger partial charge >= 0.3 is 5.97 Å². The monoisotopic (exact) mass is 298 g/mol. The van der Waals surface area contributed by atoms with Crippen LogP contribution in [0.25, 0.3) is 6.08 Å². The number of ketones is 1. The summed E-state index contributed by atoms with van der Waals surface area (Å²) in [4.78, 5) is 23.2. The second-order valence-electron chi connectivity index (χ2n) is 4.74. The van der Waals surface area contributed by atoms with E-state index in [1.165, 1.54) is 37.3 Å². The summed E-state index contributed by atoms with van der Waals surface area (Å²) in [7, 11) is 0. The summed E-state index contributed by atoms with van der Waals surface area (Å²) in [5, 5.41) is 0. The Labute approximate surface area is 125 Å². The number of carbonyl (C=O) groups excluding carboxylic acids is 2. The van der Waals surface area contributed by atoms with Gasteiger partial charge in [0.05, 0.1) is 5.56 Å². The maximum Gasteiger partial charge on any atom is 0.308 e. The summed E-state index contributed by atoms with van der Waals surface area (Å²) in [6.45, 7) is 1.29. The number of ether oxygens (including phenoxy) is 2. The summed E-state index contributed by atoms with van der Waals surface area (Å²) in [6.07, 6.45) is 1.53. The Bertz CT molecular complexity index is 791. The molecule has 0 unspecified atom stereocenters. The van der Waals surface area contributed by atoms with Gasteiger partial charge in [0.2, 0.25) is 5.78 Å². The lowest BCUT2D eigenvalue weighted by molar-refractivity contribution is -0.131. The van der Waals surface area contributed by atoms with E-state index in [9.17, 15) is 14.0 Å². The fourth-order valence-electron chi connectivity index (χ4n) is 2.11. The van der Waals surface area contributed by atoms with Gasteiger partial charge < -0.3 is 9.47 Å². The Kier molecular flexibility index (Phi) is 3.47. The van der Waals surface area contributed by atoms with Crippen LogP contribution in [0.1, 0.15) is 22.8 Å². The third kappa shape index (κ3) is 2.74. The van der Waals surface area contributed by atoms with Gasteiger partial charge in [0.1, 0.15) is 17.3 Å². The highest BCUT2D eigenvalue weighted by atomic mass is 19.1. The molecule has 5 heteroatoms. The molecule has 0 saturated heterocycles. The molecule has 4 nitrogen and oxygen atoms in total. The van der Waals surface area contributed by atoms with Crippen molar-refractivity contribution in [2.45, 2.75) is 6.92 Å². The van der Waals surface area contributed by atoms with Crippen LogP contribution in [-0.2, 0) is 4.79 Å². The minimum absolute atomic E-state index is 0.140. The second kappa shape index (κ2) is 5.44.